The number of nitrogens with one attached hydrogen (secondary N) is 1. The summed E-state index contributed by atoms with van der Waals surface area (Å²) in [4.78, 5) is 12.8. The summed E-state index contributed by atoms with van der Waals surface area (Å²) >= 11 is 0. The van der Waals surface area contributed by atoms with E-state index in [4.69, 9.17) is 18.9 Å². The van der Waals surface area contributed by atoms with Crippen LogP contribution in [0.2, 0.25) is 0 Å². The topological polar surface area (TPSA) is 66.0 Å². The number of ether oxygens (including phenoxy) is 4. The van der Waals surface area contributed by atoms with Crippen LogP contribution in [-0.4, -0.2) is 56.9 Å². The maximum Gasteiger partial charge on any atom is 0.407 e. The second-order valence-electron chi connectivity index (χ2n) is 18.9. The van der Waals surface area contributed by atoms with Crippen molar-refractivity contribution in [2.24, 2.45) is 0 Å². The molecule has 0 spiro atoms. The summed E-state index contributed by atoms with van der Waals surface area (Å²) < 4.78 is 23.5. The van der Waals surface area contributed by atoms with Gasteiger partial charge in [0.2, 0.25) is 0 Å². The van der Waals surface area contributed by atoms with Crippen molar-refractivity contribution >= 4 is 6.09 Å². The fraction of sp³-hybridized carbons (Fsp3) is 0.980. The molecule has 0 aliphatic rings. The zero-order valence-electron chi connectivity index (χ0n) is 39.9. The van der Waals surface area contributed by atoms with Gasteiger partial charge in [0.1, 0.15) is 6.10 Å². The molecule has 1 amide bonds. The lowest BCUT2D eigenvalue weighted by molar-refractivity contribution is -0.0933. The van der Waals surface area contributed by atoms with Gasteiger partial charge >= 0.3 is 6.09 Å². The average molecular weight is 810 g/mol. The lowest BCUT2D eigenvalue weighted by Gasteiger charge is -2.28. The van der Waals surface area contributed by atoms with Gasteiger partial charge in [0.25, 0.3) is 0 Å². The highest BCUT2D eigenvalue weighted by atomic mass is 16.6. The number of carbonyl (C=O) groups is 1. The first-order chi connectivity index (χ1) is 27.7. The van der Waals surface area contributed by atoms with Gasteiger partial charge in [-0.2, -0.15) is 0 Å². The Morgan fingerprint density at radius 2 is 0.825 bits per heavy atom. The molecule has 6 nitrogen and oxygen atoms in total. The normalized spacial score (nSPS) is 12.2. The van der Waals surface area contributed by atoms with E-state index in [2.05, 4.69) is 46.9 Å². The van der Waals surface area contributed by atoms with Crippen LogP contribution in [0.25, 0.3) is 0 Å². The third-order valence-electron chi connectivity index (χ3n) is 12.0. The molecule has 1 N–H and O–H groups in total. The molecular formula is C51H103NO5. The number of unbranched alkanes of at least 4 members (excludes halogenated alkanes) is 30. The molecule has 0 saturated carbocycles. The number of rotatable bonds is 46. The standard InChI is InChI=1S/C51H103NO5/c1-8-10-12-14-16-18-20-22-24-26-28-30-32-34-36-38-41-48(42-39-37-35-33-31-29-27-25-23-21-19-17-15-13-11-9-2)57-49(53)52-44-40-45-55-47-51(5,6)56-46-43-50(3,4)54-7/h48H,8-47H2,1-7H3,(H,52,53). The van der Waals surface area contributed by atoms with Gasteiger partial charge in [0.15, 0.2) is 0 Å². The summed E-state index contributed by atoms with van der Waals surface area (Å²) in [6.07, 6.45) is 47.4. The fourth-order valence-electron chi connectivity index (χ4n) is 7.69. The largest absolute Gasteiger partial charge is 0.446 e. The predicted molar refractivity (Wildman–Crippen MR) is 248 cm³/mol. The molecule has 0 rings (SSSR count). The Morgan fingerprint density at radius 3 is 1.18 bits per heavy atom. The van der Waals surface area contributed by atoms with E-state index < -0.39 is 0 Å². The van der Waals surface area contributed by atoms with Crippen molar-refractivity contribution in [1.29, 1.82) is 0 Å². The van der Waals surface area contributed by atoms with Gasteiger partial charge in [-0.05, 0) is 66.2 Å². The Bertz CT molecular complexity index is 781. The van der Waals surface area contributed by atoms with Gasteiger partial charge in [0, 0.05) is 20.3 Å². The number of carbonyl (C=O) groups excluding carboxylic acids is 1. The summed E-state index contributed by atoms with van der Waals surface area (Å²) in [5.41, 5.74) is -0.545. The Labute approximate surface area is 357 Å². The van der Waals surface area contributed by atoms with Crippen LogP contribution in [0.3, 0.4) is 0 Å². The van der Waals surface area contributed by atoms with Crippen molar-refractivity contribution in [2.45, 2.75) is 290 Å². The molecule has 0 aromatic rings. The summed E-state index contributed by atoms with van der Waals surface area (Å²) in [7, 11) is 1.74. The number of amides is 1. The summed E-state index contributed by atoms with van der Waals surface area (Å²) in [5.74, 6) is 0. The molecule has 0 bridgehead atoms. The molecule has 342 valence electrons. The van der Waals surface area contributed by atoms with Crippen molar-refractivity contribution in [3.8, 4) is 0 Å². The minimum Gasteiger partial charge on any atom is -0.446 e. The zero-order chi connectivity index (χ0) is 42.0. The van der Waals surface area contributed by atoms with Crippen LogP contribution in [0.1, 0.15) is 273 Å². The maximum atomic E-state index is 12.8. The first kappa shape index (κ1) is 56.1. The van der Waals surface area contributed by atoms with Crippen molar-refractivity contribution in [2.75, 3.05) is 33.5 Å². The SMILES string of the molecule is CCCCCCCCCCCCCCCCCCC(CCCCCCCCCCCCCCCCCC)OC(=O)NCCCOCC(C)(C)OCCC(C)(C)OC. The van der Waals surface area contributed by atoms with E-state index in [1.54, 1.807) is 7.11 Å². The summed E-state index contributed by atoms with van der Waals surface area (Å²) in [6.45, 7) is 15.1. The average Bonchev–Trinajstić information content (AvgIpc) is 3.18. The third-order valence-corrected chi connectivity index (χ3v) is 12.0. The monoisotopic (exact) mass is 810 g/mol. The molecule has 0 radical (unpaired) electrons. The maximum absolute atomic E-state index is 12.8. The Morgan fingerprint density at radius 1 is 0.474 bits per heavy atom. The zero-order valence-corrected chi connectivity index (χ0v) is 39.9. The Balaban J connectivity index is 4.25. The van der Waals surface area contributed by atoms with E-state index in [0.717, 1.165) is 38.5 Å². The second kappa shape index (κ2) is 41.9. The molecule has 0 aromatic carbocycles. The molecule has 0 saturated heterocycles. The summed E-state index contributed by atoms with van der Waals surface area (Å²) in [6, 6.07) is 0. The van der Waals surface area contributed by atoms with Crippen LogP contribution in [0.15, 0.2) is 0 Å². The molecule has 0 fully saturated rings. The van der Waals surface area contributed by atoms with Crippen molar-refractivity contribution < 1.29 is 23.7 Å². The van der Waals surface area contributed by atoms with Gasteiger partial charge in [-0.3, -0.25) is 0 Å². The van der Waals surface area contributed by atoms with E-state index >= 15 is 0 Å². The van der Waals surface area contributed by atoms with Gasteiger partial charge in [-0.15, -0.1) is 0 Å². The first-order valence-electron chi connectivity index (χ1n) is 25.4. The molecular weight excluding hydrogens is 707 g/mol. The van der Waals surface area contributed by atoms with Crippen LogP contribution in [0.5, 0.6) is 0 Å². The van der Waals surface area contributed by atoms with Crippen molar-refractivity contribution in [3.63, 3.8) is 0 Å². The van der Waals surface area contributed by atoms with Gasteiger partial charge in [0.05, 0.1) is 24.4 Å². The van der Waals surface area contributed by atoms with Crippen molar-refractivity contribution in [1.82, 2.24) is 5.32 Å². The minimum absolute atomic E-state index is 0.0283. The molecule has 0 atom stereocenters. The molecule has 0 aromatic heterocycles. The van der Waals surface area contributed by atoms with Gasteiger partial charge < -0.3 is 24.3 Å². The minimum atomic E-state index is -0.358. The number of methoxy groups -OCH3 is 1. The fourth-order valence-corrected chi connectivity index (χ4v) is 7.69. The Kier molecular flexibility index (Phi) is 41.2. The quantitative estimate of drug-likeness (QED) is 0.0621. The van der Waals surface area contributed by atoms with Crippen LogP contribution < -0.4 is 5.32 Å². The molecule has 57 heavy (non-hydrogen) atoms. The number of hydrogen-bond donors (Lipinski definition) is 1. The predicted octanol–water partition coefficient (Wildman–Crippen LogP) is 16.4. The van der Waals surface area contributed by atoms with Gasteiger partial charge in [-0.25, -0.2) is 4.79 Å². The van der Waals surface area contributed by atoms with Crippen molar-refractivity contribution in [3.05, 3.63) is 0 Å². The highest BCUT2D eigenvalue weighted by molar-refractivity contribution is 5.67. The molecule has 0 aliphatic heterocycles. The molecule has 0 unspecified atom stereocenters. The van der Waals surface area contributed by atoms with E-state index in [0.29, 0.717) is 26.4 Å². The molecule has 0 aliphatic carbocycles. The Hall–Kier alpha value is -0.850. The van der Waals surface area contributed by atoms with E-state index in [1.165, 1.54) is 193 Å². The lowest BCUT2D eigenvalue weighted by atomic mass is 10.0. The molecule has 0 heterocycles. The van der Waals surface area contributed by atoms with Crippen LogP contribution >= 0.6 is 0 Å². The van der Waals surface area contributed by atoms with E-state index in [1.807, 2.05) is 0 Å². The second-order valence-corrected chi connectivity index (χ2v) is 18.9. The number of hydrogen-bond acceptors (Lipinski definition) is 5. The van der Waals surface area contributed by atoms with Gasteiger partial charge in [-0.1, -0.05) is 206 Å². The van der Waals surface area contributed by atoms with Crippen LogP contribution in [-0.2, 0) is 18.9 Å². The number of alkyl carbamates (subject to hydrolysis) is 1. The highest BCUT2D eigenvalue weighted by Gasteiger charge is 2.22. The third kappa shape index (κ3) is 43.1. The molecule has 6 heteroatoms. The van der Waals surface area contributed by atoms with Crippen LogP contribution in [0, 0.1) is 0 Å². The first-order valence-corrected chi connectivity index (χ1v) is 25.4. The van der Waals surface area contributed by atoms with E-state index in [-0.39, 0.29) is 23.4 Å². The smallest absolute Gasteiger partial charge is 0.407 e. The highest BCUT2D eigenvalue weighted by Crippen LogP contribution is 2.20. The lowest BCUT2D eigenvalue weighted by Crippen LogP contribution is -2.34. The van der Waals surface area contributed by atoms with E-state index in [9.17, 15) is 4.79 Å². The summed E-state index contributed by atoms with van der Waals surface area (Å²) in [5, 5.41) is 2.99. The van der Waals surface area contributed by atoms with Crippen LogP contribution in [0.4, 0.5) is 4.79 Å².